The van der Waals surface area contributed by atoms with Crippen LogP contribution in [0.1, 0.15) is 36.5 Å². The summed E-state index contributed by atoms with van der Waals surface area (Å²) in [6, 6.07) is 12.7. The fraction of sp³-hybridized carbons (Fsp3) is 0.286. The second-order valence-electron chi connectivity index (χ2n) is 6.47. The van der Waals surface area contributed by atoms with E-state index in [0.29, 0.717) is 5.92 Å². The highest BCUT2D eigenvalue weighted by molar-refractivity contribution is 5.80. The van der Waals surface area contributed by atoms with Crippen molar-refractivity contribution in [2.75, 3.05) is 7.11 Å². The Bertz CT molecular complexity index is 845. The molecular formula is C21H23NO2. The SMILES string of the molecule is COc1cc(-c2oncc2-c2ccc(C(C)C)cc2)cc(C)c1C. The predicted molar refractivity (Wildman–Crippen MR) is 97.5 cm³/mol. The van der Waals surface area contributed by atoms with E-state index in [1.807, 2.05) is 6.07 Å². The Balaban J connectivity index is 2.06. The third-order valence-electron chi connectivity index (χ3n) is 4.56. The van der Waals surface area contributed by atoms with Crippen molar-refractivity contribution in [3.63, 3.8) is 0 Å². The number of ether oxygens (including phenoxy) is 1. The molecule has 0 fully saturated rings. The molecule has 0 amide bonds. The zero-order chi connectivity index (χ0) is 17.3. The van der Waals surface area contributed by atoms with E-state index in [-0.39, 0.29) is 0 Å². The third kappa shape index (κ3) is 2.94. The molecule has 2 aromatic carbocycles. The van der Waals surface area contributed by atoms with E-state index in [9.17, 15) is 0 Å². The zero-order valence-corrected chi connectivity index (χ0v) is 14.9. The molecule has 1 heterocycles. The van der Waals surface area contributed by atoms with Crippen LogP contribution in [-0.2, 0) is 0 Å². The summed E-state index contributed by atoms with van der Waals surface area (Å²) in [5.41, 5.74) is 6.72. The van der Waals surface area contributed by atoms with Crippen LogP contribution in [0, 0.1) is 13.8 Å². The number of aromatic nitrogens is 1. The summed E-state index contributed by atoms with van der Waals surface area (Å²) in [6.45, 7) is 8.53. The summed E-state index contributed by atoms with van der Waals surface area (Å²) in [5.74, 6) is 2.15. The largest absolute Gasteiger partial charge is 0.496 e. The van der Waals surface area contributed by atoms with Gasteiger partial charge in [-0.1, -0.05) is 43.3 Å². The Morgan fingerprint density at radius 2 is 1.71 bits per heavy atom. The molecule has 0 aliphatic rings. The van der Waals surface area contributed by atoms with Crippen LogP contribution in [0.3, 0.4) is 0 Å². The summed E-state index contributed by atoms with van der Waals surface area (Å²) in [5, 5.41) is 4.02. The van der Waals surface area contributed by atoms with E-state index in [4.69, 9.17) is 9.26 Å². The lowest BCUT2D eigenvalue weighted by Gasteiger charge is -2.11. The van der Waals surface area contributed by atoms with Gasteiger partial charge in [-0.25, -0.2) is 0 Å². The summed E-state index contributed by atoms with van der Waals surface area (Å²) in [6.07, 6.45) is 1.78. The molecule has 3 heteroatoms. The summed E-state index contributed by atoms with van der Waals surface area (Å²) >= 11 is 0. The summed E-state index contributed by atoms with van der Waals surface area (Å²) in [7, 11) is 1.69. The van der Waals surface area contributed by atoms with E-state index >= 15 is 0 Å². The zero-order valence-electron chi connectivity index (χ0n) is 14.9. The van der Waals surface area contributed by atoms with Crippen molar-refractivity contribution in [3.05, 3.63) is 59.3 Å². The first kappa shape index (κ1) is 16.3. The highest BCUT2D eigenvalue weighted by atomic mass is 16.5. The fourth-order valence-electron chi connectivity index (χ4n) is 2.87. The van der Waals surface area contributed by atoms with Gasteiger partial charge in [0.1, 0.15) is 5.75 Å². The van der Waals surface area contributed by atoms with Crippen LogP contribution in [0.4, 0.5) is 0 Å². The van der Waals surface area contributed by atoms with Crippen LogP contribution >= 0.6 is 0 Å². The molecule has 0 aliphatic carbocycles. The van der Waals surface area contributed by atoms with Gasteiger partial charge >= 0.3 is 0 Å². The van der Waals surface area contributed by atoms with Gasteiger partial charge in [-0.15, -0.1) is 0 Å². The molecule has 0 atom stereocenters. The molecule has 0 saturated carbocycles. The molecule has 3 nitrogen and oxygen atoms in total. The van der Waals surface area contributed by atoms with Crippen LogP contribution in [0.15, 0.2) is 47.1 Å². The average molecular weight is 321 g/mol. The second-order valence-corrected chi connectivity index (χ2v) is 6.47. The third-order valence-corrected chi connectivity index (χ3v) is 4.56. The molecule has 0 unspecified atom stereocenters. The molecule has 0 spiro atoms. The maximum Gasteiger partial charge on any atom is 0.174 e. The van der Waals surface area contributed by atoms with Crippen molar-refractivity contribution in [3.8, 4) is 28.2 Å². The van der Waals surface area contributed by atoms with Crippen molar-refractivity contribution in [1.29, 1.82) is 0 Å². The normalized spacial score (nSPS) is 11.1. The van der Waals surface area contributed by atoms with Crippen LogP contribution in [0.2, 0.25) is 0 Å². The van der Waals surface area contributed by atoms with Crippen molar-refractivity contribution in [2.24, 2.45) is 0 Å². The topological polar surface area (TPSA) is 35.3 Å². The van der Waals surface area contributed by atoms with Crippen LogP contribution in [0.25, 0.3) is 22.5 Å². The predicted octanol–water partition coefficient (Wildman–Crippen LogP) is 5.76. The van der Waals surface area contributed by atoms with Gasteiger partial charge in [-0.05, 0) is 54.2 Å². The Kier molecular flexibility index (Phi) is 4.43. The van der Waals surface area contributed by atoms with Crippen molar-refractivity contribution in [2.45, 2.75) is 33.6 Å². The van der Waals surface area contributed by atoms with Gasteiger partial charge < -0.3 is 9.26 Å². The number of hydrogen-bond donors (Lipinski definition) is 0. The van der Waals surface area contributed by atoms with Crippen LogP contribution in [0.5, 0.6) is 5.75 Å². The van der Waals surface area contributed by atoms with E-state index in [2.05, 4.69) is 63.2 Å². The molecule has 0 bridgehead atoms. The molecule has 3 aromatic rings. The Labute approximate surface area is 143 Å². The lowest BCUT2D eigenvalue weighted by atomic mass is 9.96. The number of benzene rings is 2. The smallest absolute Gasteiger partial charge is 0.174 e. The number of rotatable bonds is 4. The van der Waals surface area contributed by atoms with Gasteiger partial charge in [0.2, 0.25) is 0 Å². The van der Waals surface area contributed by atoms with Gasteiger partial charge in [-0.2, -0.15) is 0 Å². The minimum Gasteiger partial charge on any atom is -0.496 e. The Morgan fingerprint density at radius 3 is 2.33 bits per heavy atom. The number of hydrogen-bond acceptors (Lipinski definition) is 3. The van der Waals surface area contributed by atoms with Crippen molar-refractivity contribution in [1.82, 2.24) is 5.16 Å². The highest BCUT2D eigenvalue weighted by Gasteiger charge is 2.16. The van der Waals surface area contributed by atoms with Crippen molar-refractivity contribution >= 4 is 0 Å². The van der Waals surface area contributed by atoms with Gasteiger partial charge in [0, 0.05) is 11.1 Å². The van der Waals surface area contributed by atoms with Gasteiger partial charge in [0.15, 0.2) is 5.76 Å². The maximum absolute atomic E-state index is 5.57. The second kappa shape index (κ2) is 6.52. The number of aryl methyl sites for hydroxylation is 1. The number of nitrogens with zero attached hydrogens (tertiary/aromatic N) is 1. The molecule has 124 valence electrons. The first-order chi connectivity index (χ1) is 11.5. The number of methoxy groups -OCH3 is 1. The average Bonchev–Trinajstić information content (AvgIpc) is 3.07. The summed E-state index contributed by atoms with van der Waals surface area (Å²) < 4.78 is 11.1. The molecule has 0 N–H and O–H groups in total. The standard InChI is InChI=1S/C21H23NO2/c1-13(2)16-6-8-17(9-7-16)19-12-22-24-21(19)18-10-14(3)15(4)20(11-18)23-5/h6-13H,1-5H3. The lowest BCUT2D eigenvalue weighted by Crippen LogP contribution is -1.92. The van der Waals surface area contributed by atoms with Gasteiger partial charge in [0.25, 0.3) is 0 Å². The Hall–Kier alpha value is -2.55. The monoisotopic (exact) mass is 321 g/mol. The van der Waals surface area contributed by atoms with Crippen LogP contribution < -0.4 is 4.74 Å². The first-order valence-electron chi connectivity index (χ1n) is 8.22. The van der Waals surface area contributed by atoms with Gasteiger partial charge in [0.05, 0.1) is 13.3 Å². The molecule has 1 aromatic heterocycles. The molecule has 0 saturated heterocycles. The van der Waals surface area contributed by atoms with Crippen molar-refractivity contribution < 1.29 is 9.26 Å². The summed E-state index contributed by atoms with van der Waals surface area (Å²) in [4.78, 5) is 0. The molecule has 0 aliphatic heterocycles. The van der Waals surface area contributed by atoms with E-state index in [1.54, 1.807) is 13.3 Å². The molecular weight excluding hydrogens is 298 g/mol. The maximum atomic E-state index is 5.57. The highest BCUT2D eigenvalue weighted by Crippen LogP contribution is 2.36. The van der Waals surface area contributed by atoms with E-state index in [1.165, 1.54) is 11.1 Å². The quantitative estimate of drug-likeness (QED) is 0.613. The molecule has 0 radical (unpaired) electrons. The van der Waals surface area contributed by atoms with E-state index in [0.717, 1.165) is 33.8 Å². The van der Waals surface area contributed by atoms with Crippen LogP contribution in [-0.4, -0.2) is 12.3 Å². The molecule has 24 heavy (non-hydrogen) atoms. The Morgan fingerprint density at radius 1 is 1.00 bits per heavy atom. The molecule has 3 rings (SSSR count). The van der Waals surface area contributed by atoms with Gasteiger partial charge in [-0.3, -0.25) is 0 Å². The first-order valence-corrected chi connectivity index (χ1v) is 8.22. The minimum absolute atomic E-state index is 0.519. The fourth-order valence-corrected chi connectivity index (χ4v) is 2.87. The minimum atomic E-state index is 0.519. The van der Waals surface area contributed by atoms with E-state index < -0.39 is 0 Å². The lowest BCUT2D eigenvalue weighted by molar-refractivity contribution is 0.410.